The lowest BCUT2D eigenvalue weighted by atomic mass is 10.1. The Kier molecular flexibility index (Phi) is 8.52. The molecule has 0 aromatic heterocycles. The second-order valence-electron chi connectivity index (χ2n) is 7.22. The van der Waals surface area contributed by atoms with E-state index in [0.717, 1.165) is 16.7 Å². The van der Waals surface area contributed by atoms with Crippen LogP contribution in [-0.4, -0.2) is 46.7 Å². The van der Waals surface area contributed by atoms with E-state index in [1.807, 2.05) is 0 Å². The van der Waals surface area contributed by atoms with Crippen LogP contribution in [-0.2, 0) is 20.9 Å². The quantitative estimate of drug-likeness (QED) is 0.180. The van der Waals surface area contributed by atoms with Gasteiger partial charge in [0.15, 0.2) is 11.5 Å². The molecule has 0 unspecified atom stereocenters. The van der Waals surface area contributed by atoms with Crippen molar-refractivity contribution >= 4 is 56.6 Å². The Morgan fingerprint density at radius 1 is 1.23 bits per heavy atom. The number of nitro benzene ring substituents is 1. The summed E-state index contributed by atoms with van der Waals surface area (Å²) in [7, 11) is 1.18. The maximum Gasteiger partial charge on any atom is 0.328 e. The Morgan fingerprint density at radius 2 is 1.94 bits per heavy atom. The van der Waals surface area contributed by atoms with Crippen molar-refractivity contribution in [1.29, 1.82) is 0 Å². The van der Waals surface area contributed by atoms with Crippen LogP contribution in [0.15, 0.2) is 45.8 Å². The van der Waals surface area contributed by atoms with E-state index in [2.05, 4.69) is 20.7 Å². The molecule has 2 aromatic carbocycles. The van der Waals surface area contributed by atoms with Gasteiger partial charge >= 0.3 is 5.97 Å². The van der Waals surface area contributed by atoms with Crippen molar-refractivity contribution in [3.8, 4) is 11.5 Å². The fourth-order valence-electron chi connectivity index (χ4n) is 3.19. The predicted octanol–water partition coefficient (Wildman–Crippen LogP) is 4.93. The maximum absolute atomic E-state index is 12.8. The lowest BCUT2D eigenvalue weighted by Gasteiger charge is -2.18. The molecule has 35 heavy (non-hydrogen) atoms. The number of ether oxygens (including phenoxy) is 3. The smallest absolute Gasteiger partial charge is 0.328 e. The third-order valence-electron chi connectivity index (χ3n) is 4.92. The molecule has 0 aliphatic carbocycles. The summed E-state index contributed by atoms with van der Waals surface area (Å²) in [4.78, 5) is 48.5. The summed E-state index contributed by atoms with van der Waals surface area (Å²) in [6, 6.07) is 8.35. The third kappa shape index (κ3) is 6.01. The van der Waals surface area contributed by atoms with Gasteiger partial charge in [-0.15, -0.1) is 0 Å². The molecule has 184 valence electrons. The molecule has 1 fully saturated rings. The number of hydrogen-bond acceptors (Lipinski definition) is 9. The van der Waals surface area contributed by atoms with Gasteiger partial charge in [0.2, 0.25) is 0 Å². The Hall–Kier alpha value is -3.38. The van der Waals surface area contributed by atoms with Crippen LogP contribution in [0.3, 0.4) is 0 Å². The molecule has 2 aromatic rings. The Bertz CT molecular complexity index is 1220. The molecule has 0 bridgehead atoms. The summed E-state index contributed by atoms with van der Waals surface area (Å²) >= 11 is 4.17. The van der Waals surface area contributed by atoms with Crippen LogP contribution in [0.1, 0.15) is 25.0 Å². The number of amides is 2. The summed E-state index contributed by atoms with van der Waals surface area (Å²) in [6.07, 6.45) is 1.52. The summed E-state index contributed by atoms with van der Waals surface area (Å²) in [6.45, 7) is 3.62. The number of carbonyl (C=O) groups is 3. The highest BCUT2D eigenvalue weighted by Crippen LogP contribution is 2.39. The molecule has 1 aliphatic heterocycles. The lowest BCUT2D eigenvalue weighted by Crippen LogP contribution is -2.42. The van der Waals surface area contributed by atoms with Gasteiger partial charge < -0.3 is 14.2 Å². The fourth-order valence-corrected chi connectivity index (χ4v) is 4.53. The van der Waals surface area contributed by atoms with Crippen LogP contribution in [0, 0.1) is 10.1 Å². The number of imide groups is 1. The van der Waals surface area contributed by atoms with Gasteiger partial charge in [-0.2, -0.15) is 0 Å². The molecule has 0 N–H and O–H groups in total. The van der Waals surface area contributed by atoms with Gasteiger partial charge in [-0.25, -0.2) is 4.79 Å². The van der Waals surface area contributed by atoms with E-state index in [1.54, 1.807) is 31.2 Å². The average Bonchev–Trinajstić information content (AvgIpc) is 3.11. The minimum Gasteiger partial charge on any atom is -0.490 e. The van der Waals surface area contributed by atoms with E-state index >= 15 is 0 Å². The molecule has 1 atom stereocenters. The Morgan fingerprint density at radius 3 is 2.60 bits per heavy atom. The van der Waals surface area contributed by atoms with Crippen molar-refractivity contribution in [2.24, 2.45) is 0 Å². The summed E-state index contributed by atoms with van der Waals surface area (Å²) in [5.41, 5.74) is 1.12. The monoisotopic (exact) mass is 564 g/mol. The first kappa shape index (κ1) is 26.2. The molecule has 1 heterocycles. The zero-order valence-electron chi connectivity index (χ0n) is 19.0. The fraction of sp³-hybridized carbons (Fsp3) is 0.261. The summed E-state index contributed by atoms with van der Waals surface area (Å²) < 4.78 is 16.7. The number of nitrogens with zero attached hydrogens (tertiary/aromatic N) is 2. The molecule has 12 heteroatoms. The van der Waals surface area contributed by atoms with E-state index in [-0.39, 0.29) is 17.2 Å². The van der Waals surface area contributed by atoms with Gasteiger partial charge in [-0.1, -0.05) is 28.1 Å². The van der Waals surface area contributed by atoms with Crippen LogP contribution in [0.25, 0.3) is 6.08 Å². The maximum atomic E-state index is 12.8. The number of methoxy groups -OCH3 is 1. The first-order valence-electron chi connectivity index (χ1n) is 10.3. The molecule has 0 saturated carbocycles. The number of thioether (sulfide) groups is 1. The first-order valence-corrected chi connectivity index (χ1v) is 11.9. The SMILES string of the molecule is CCOc1cc(/C=C2/SC(=O)N([C@H](C)C(=O)OC)C2=O)c(Br)cc1OCc1cccc([N+](=O)[O-])c1. The van der Waals surface area contributed by atoms with Gasteiger partial charge in [0.25, 0.3) is 16.8 Å². The van der Waals surface area contributed by atoms with Crippen molar-refractivity contribution in [3.05, 3.63) is 67.0 Å². The standard InChI is InChI=1S/C23H21BrN2O8S/c1-4-33-18-9-15(10-20-21(27)25(23(29)35-20)13(2)22(28)32-3)17(24)11-19(18)34-12-14-6-5-7-16(8-14)26(30)31/h5-11,13H,4,12H2,1-3H3/b20-10+/t13-/m1/s1. The van der Waals surface area contributed by atoms with E-state index in [4.69, 9.17) is 9.47 Å². The minimum atomic E-state index is -1.05. The molecule has 1 saturated heterocycles. The topological polar surface area (TPSA) is 125 Å². The number of esters is 1. The Balaban J connectivity index is 1.86. The van der Waals surface area contributed by atoms with Gasteiger partial charge in [0.1, 0.15) is 12.6 Å². The molecule has 1 aliphatic rings. The van der Waals surface area contributed by atoms with E-state index in [9.17, 15) is 24.5 Å². The number of rotatable bonds is 9. The van der Waals surface area contributed by atoms with Crippen molar-refractivity contribution in [2.45, 2.75) is 26.5 Å². The molecule has 2 amide bonds. The summed E-state index contributed by atoms with van der Waals surface area (Å²) in [5, 5.41) is 10.4. The number of nitro groups is 1. The second kappa shape index (κ2) is 11.4. The predicted molar refractivity (Wildman–Crippen MR) is 132 cm³/mol. The third-order valence-corrected chi connectivity index (χ3v) is 6.49. The zero-order chi connectivity index (χ0) is 25.7. The number of hydrogen-bond donors (Lipinski definition) is 0. The normalized spacial score (nSPS) is 15.3. The minimum absolute atomic E-state index is 0.0388. The number of carbonyl (C=O) groups excluding carboxylic acids is 3. The van der Waals surface area contributed by atoms with Crippen LogP contribution in [0.5, 0.6) is 11.5 Å². The molecule has 0 radical (unpaired) electrons. The van der Waals surface area contributed by atoms with Crippen molar-refractivity contribution < 1.29 is 33.5 Å². The largest absolute Gasteiger partial charge is 0.490 e. The highest BCUT2D eigenvalue weighted by atomic mass is 79.9. The summed E-state index contributed by atoms with van der Waals surface area (Å²) in [5.74, 6) is -0.531. The van der Waals surface area contributed by atoms with Crippen LogP contribution < -0.4 is 9.47 Å². The van der Waals surface area contributed by atoms with Crippen LogP contribution in [0.4, 0.5) is 10.5 Å². The van der Waals surface area contributed by atoms with Crippen molar-refractivity contribution in [1.82, 2.24) is 4.90 Å². The molecule has 0 spiro atoms. The zero-order valence-corrected chi connectivity index (χ0v) is 21.4. The van der Waals surface area contributed by atoms with Crippen LogP contribution in [0.2, 0.25) is 0 Å². The molecule has 3 rings (SSSR count). The van der Waals surface area contributed by atoms with Crippen LogP contribution >= 0.6 is 27.7 Å². The van der Waals surface area contributed by atoms with Gasteiger partial charge in [0.05, 0.1) is 23.5 Å². The Labute approximate surface area is 213 Å². The highest BCUT2D eigenvalue weighted by molar-refractivity contribution is 9.10. The van der Waals surface area contributed by atoms with Gasteiger partial charge in [-0.3, -0.25) is 24.6 Å². The number of halogens is 1. The first-order chi connectivity index (χ1) is 16.7. The van der Waals surface area contributed by atoms with Crippen molar-refractivity contribution in [2.75, 3.05) is 13.7 Å². The second-order valence-corrected chi connectivity index (χ2v) is 9.07. The molecule has 10 nitrogen and oxygen atoms in total. The van der Waals surface area contributed by atoms with E-state index in [0.29, 0.717) is 33.7 Å². The number of non-ortho nitro benzene ring substituents is 1. The van der Waals surface area contributed by atoms with Gasteiger partial charge in [0, 0.05) is 16.6 Å². The lowest BCUT2D eigenvalue weighted by molar-refractivity contribution is -0.384. The average molecular weight is 565 g/mol. The highest BCUT2D eigenvalue weighted by Gasteiger charge is 2.41. The van der Waals surface area contributed by atoms with Gasteiger partial charge in [-0.05, 0) is 54.9 Å². The van der Waals surface area contributed by atoms with E-state index in [1.165, 1.54) is 32.2 Å². The van der Waals surface area contributed by atoms with Crippen molar-refractivity contribution in [3.63, 3.8) is 0 Å². The number of benzene rings is 2. The molecular formula is C23H21BrN2O8S. The van der Waals surface area contributed by atoms with E-state index < -0.39 is 28.1 Å². The molecular weight excluding hydrogens is 544 g/mol.